The zero-order valence-corrected chi connectivity index (χ0v) is 10.3. The summed E-state index contributed by atoms with van der Waals surface area (Å²) in [6.07, 6.45) is 8.30. The topological polar surface area (TPSA) is 47.6 Å². The van der Waals surface area contributed by atoms with Gasteiger partial charge in [-0.1, -0.05) is 18.2 Å². The monoisotopic (exact) mass is 236 g/mol. The summed E-state index contributed by atoms with van der Waals surface area (Å²) in [5, 5.41) is 17.3. The second-order valence-corrected chi connectivity index (χ2v) is 4.83. The summed E-state index contributed by atoms with van der Waals surface area (Å²) < 4.78 is 0. The average molecular weight is 236 g/mol. The van der Waals surface area contributed by atoms with Crippen molar-refractivity contribution in [3.63, 3.8) is 0 Å². The van der Waals surface area contributed by atoms with Crippen molar-refractivity contribution < 1.29 is 0 Å². The molecule has 0 aliphatic heterocycles. The summed E-state index contributed by atoms with van der Waals surface area (Å²) in [5.41, 5.74) is 2.07. The van der Waals surface area contributed by atoms with Crippen molar-refractivity contribution in [3.05, 3.63) is 47.5 Å². The van der Waals surface area contributed by atoms with E-state index in [-0.39, 0.29) is 0 Å². The van der Waals surface area contributed by atoms with E-state index in [4.69, 9.17) is 10.5 Å². The summed E-state index contributed by atoms with van der Waals surface area (Å²) in [6, 6.07) is 12.2. The molecule has 0 atom stereocenters. The Morgan fingerprint density at radius 2 is 1.67 bits per heavy atom. The molecule has 2 rings (SSSR count). The molecule has 2 heteroatoms. The van der Waals surface area contributed by atoms with E-state index in [1.54, 1.807) is 6.08 Å². The fourth-order valence-corrected chi connectivity index (χ4v) is 2.65. The molecule has 0 spiro atoms. The van der Waals surface area contributed by atoms with Crippen molar-refractivity contribution in [2.45, 2.75) is 31.6 Å². The van der Waals surface area contributed by atoms with Crippen molar-refractivity contribution >= 4 is 0 Å². The maximum Gasteiger partial charge on any atom is 0.0991 e. The first-order chi connectivity index (χ1) is 8.83. The van der Waals surface area contributed by atoms with Crippen LogP contribution in [0.5, 0.6) is 0 Å². The molecule has 0 heterocycles. The van der Waals surface area contributed by atoms with Gasteiger partial charge in [0.05, 0.1) is 17.7 Å². The van der Waals surface area contributed by atoms with Crippen molar-refractivity contribution in [1.29, 1.82) is 10.5 Å². The minimum atomic E-state index is 0.569. The third-order valence-electron chi connectivity index (χ3n) is 3.73. The fourth-order valence-electron chi connectivity index (χ4n) is 2.65. The summed E-state index contributed by atoms with van der Waals surface area (Å²) >= 11 is 0. The molecule has 1 aromatic carbocycles. The predicted octanol–water partition coefficient (Wildman–Crippen LogP) is 3.91. The van der Waals surface area contributed by atoms with Crippen LogP contribution in [0.2, 0.25) is 0 Å². The second kappa shape index (κ2) is 6.03. The Bertz CT molecular complexity index is 491. The smallest absolute Gasteiger partial charge is 0.0991 e. The molecule has 1 fully saturated rings. The first-order valence-electron chi connectivity index (χ1n) is 6.40. The van der Waals surface area contributed by atoms with Gasteiger partial charge >= 0.3 is 0 Å². The van der Waals surface area contributed by atoms with Crippen LogP contribution < -0.4 is 0 Å². The average Bonchev–Trinajstić information content (AvgIpc) is 2.46. The van der Waals surface area contributed by atoms with Crippen molar-refractivity contribution in [1.82, 2.24) is 0 Å². The van der Waals surface area contributed by atoms with Crippen LogP contribution in [0.3, 0.4) is 0 Å². The first kappa shape index (κ1) is 12.4. The first-order valence-corrected chi connectivity index (χ1v) is 6.40. The zero-order chi connectivity index (χ0) is 12.8. The third-order valence-corrected chi connectivity index (χ3v) is 3.73. The Morgan fingerprint density at radius 1 is 1.00 bits per heavy atom. The quantitative estimate of drug-likeness (QED) is 0.731. The van der Waals surface area contributed by atoms with Crippen LogP contribution in [0.15, 0.2) is 36.4 Å². The Hall–Kier alpha value is -2.06. The van der Waals surface area contributed by atoms with Gasteiger partial charge in [0.1, 0.15) is 0 Å². The molecule has 1 aliphatic carbocycles. The van der Waals surface area contributed by atoms with Crippen molar-refractivity contribution in [3.8, 4) is 12.1 Å². The summed E-state index contributed by atoms with van der Waals surface area (Å²) in [7, 11) is 0. The summed E-state index contributed by atoms with van der Waals surface area (Å²) in [6.45, 7) is 0. The molecule has 0 amide bonds. The lowest BCUT2D eigenvalue weighted by Crippen LogP contribution is -2.11. The van der Waals surface area contributed by atoms with E-state index >= 15 is 0 Å². The largest absolute Gasteiger partial charge is 0.193 e. The standard InChI is InChI=1S/C16H16N2/c17-11-1-2-13-3-7-15(8-4-13)16-9-5-14(12-18)6-10-16/h1-2,5-6,9-10,13,15H,3-4,7-8H2. The zero-order valence-electron chi connectivity index (χ0n) is 10.3. The molecule has 1 aromatic rings. The van der Waals surface area contributed by atoms with E-state index in [9.17, 15) is 0 Å². The van der Waals surface area contributed by atoms with Crippen LogP contribution in [0.25, 0.3) is 0 Å². The van der Waals surface area contributed by atoms with E-state index in [0.717, 1.165) is 18.4 Å². The molecule has 0 radical (unpaired) electrons. The minimum absolute atomic E-state index is 0.569. The second-order valence-electron chi connectivity index (χ2n) is 4.83. The number of hydrogen-bond acceptors (Lipinski definition) is 2. The lowest BCUT2D eigenvalue weighted by atomic mass is 9.78. The number of allylic oxidation sites excluding steroid dienone is 2. The lowest BCUT2D eigenvalue weighted by Gasteiger charge is -2.26. The molecular formula is C16H16N2. The SMILES string of the molecule is N#CC=CC1CCC(c2ccc(C#N)cc2)CC1. The van der Waals surface area contributed by atoms with Gasteiger partial charge in [-0.05, 0) is 55.2 Å². The van der Waals surface area contributed by atoms with E-state index in [2.05, 4.69) is 24.3 Å². The molecule has 0 bridgehead atoms. The van der Waals surface area contributed by atoms with Gasteiger partial charge in [0, 0.05) is 6.08 Å². The Morgan fingerprint density at radius 3 is 2.22 bits per heavy atom. The van der Waals surface area contributed by atoms with Gasteiger partial charge in [-0.25, -0.2) is 0 Å². The summed E-state index contributed by atoms with van der Waals surface area (Å²) in [4.78, 5) is 0. The molecule has 0 unspecified atom stereocenters. The van der Waals surface area contributed by atoms with Crippen molar-refractivity contribution in [2.75, 3.05) is 0 Å². The minimum Gasteiger partial charge on any atom is -0.193 e. The molecule has 2 nitrogen and oxygen atoms in total. The third kappa shape index (κ3) is 2.99. The molecular weight excluding hydrogens is 220 g/mol. The van der Waals surface area contributed by atoms with Gasteiger partial charge in [0.15, 0.2) is 0 Å². The van der Waals surface area contributed by atoms with Gasteiger partial charge in [0.2, 0.25) is 0 Å². The highest BCUT2D eigenvalue weighted by Gasteiger charge is 2.20. The normalized spacial score (nSPS) is 23.4. The van der Waals surface area contributed by atoms with Crippen LogP contribution in [0, 0.1) is 28.6 Å². The maximum atomic E-state index is 8.77. The lowest BCUT2D eigenvalue weighted by molar-refractivity contribution is 0.376. The van der Waals surface area contributed by atoms with E-state index < -0.39 is 0 Å². The number of hydrogen-bond donors (Lipinski definition) is 0. The van der Waals surface area contributed by atoms with E-state index in [0.29, 0.717) is 11.8 Å². The van der Waals surface area contributed by atoms with Crippen molar-refractivity contribution in [2.24, 2.45) is 5.92 Å². The molecule has 0 N–H and O–H groups in total. The van der Waals surface area contributed by atoms with E-state index in [1.807, 2.05) is 18.2 Å². The molecule has 0 aromatic heterocycles. The Balaban J connectivity index is 1.95. The highest BCUT2D eigenvalue weighted by Crippen LogP contribution is 2.36. The Kier molecular flexibility index (Phi) is 4.15. The fraction of sp³-hybridized carbons (Fsp3) is 0.375. The van der Waals surface area contributed by atoms with Gasteiger partial charge < -0.3 is 0 Å². The molecule has 18 heavy (non-hydrogen) atoms. The summed E-state index contributed by atoms with van der Waals surface area (Å²) in [5.74, 6) is 1.18. The maximum absolute atomic E-state index is 8.77. The molecule has 1 aliphatic rings. The molecule has 1 saturated carbocycles. The Labute approximate surface area is 108 Å². The van der Waals surface area contributed by atoms with Crippen LogP contribution in [-0.2, 0) is 0 Å². The van der Waals surface area contributed by atoms with Crippen LogP contribution >= 0.6 is 0 Å². The van der Waals surface area contributed by atoms with Crippen LogP contribution in [-0.4, -0.2) is 0 Å². The van der Waals surface area contributed by atoms with Crippen LogP contribution in [0.4, 0.5) is 0 Å². The predicted molar refractivity (Wildman–Crippen MR) is 70.6 cm³/mol. The van der Waals surface area contributed by atoms with Gasteiger partial charge in [-0.15, -0.1) is 0 Å². The van der Waals surface area contributed by atoms with E-state index in [1.165, 1.54) is 18.4 Å². The number of nitriles is 2. The van der Waals surface area contributed by atoms with Crippen LogP contribution in [0.1, 0.15) is 42.7 Å². The molecule has 90 valence electrons. The van der Waals surface area contributed by atoms with Gasteiger partial charge in [-0.2, -0.15) is 10.5 Å². The number of nitrogens with zero attached hydrogens (tertiary/aromatic N) is 2. The number of benzene rings is 1. The number of rotatable bonds is 2. The van der Waals surface area contributed by atoms with Gasteiger partial charge in [-0.3, -0.25) is 0 Å². The highest BCUT2D eigenvalue weighted by molar-refractivity contribution is 5.33. The highest BCUT2D eigenvalue weighted by atomic mass is 14.3. The molecule has 0 saturated heterocycles. The van der Waals surface area contributed by atoms with Gasteiger partial charge in [0.25, 0.3) is 0 Å².